The van der Waals surface area contributed by atoms with Gasteiger partial charge in [0, 0.05) is 0 Å². The predicted octanol–water partition coefficient (Wildman–Crippen LogP) is 0.120. The van der Waals surface area contributed by atoms with Gasteiger partial charge in [0.1, 0.15) is 24.8 Å². The fourth-order valence-electron chi connectivity index (χ4n) is 2.63. The zero-order chi connectivity index (χ0) is 15.0. The van der Waals surface area contributed by atoms with Crippen molar-refractivity contribution in [1.29, 1.82) is 0 Å². The van der Waals surface area contributed by atoms with Crippen LogP contribution in [0.25, 0.3) is 0 Å². The summed E-state index contributed by atoms with van der Waals surface area (Å²) in [7, 11) is 0. The maximum Gasteiger partial charge on any atom is 0.588 e. The molecule has 0 saturated carbocycles. The largest absolute Gasteiger partial charge is 1.00 e. The average molecular weight is 356 g/mol. The smallest absolute Gasteiger partial charge is 0.588 e. The number of rotatable bonds is 2. The van der Waals surface area contributed by atoms with Crippen molar-refractivity contribution in [2.75, 3.05) is 5.34 Å². The Morgan fingerprint density at radius 3 is 1.45 bits per heavy atom. The highest BCUT2D eigenvalue weighted by Gasteiger charge is 2.44. The quantitative estimate of drug-likeness (QED) is 0.534. The van der Waals surface area contributed by atoms with Crippen LogP contribution in [0.15, 0.2) is 85.3 Å². The summed E-state index contributed by atoms with van der Waals surface area (Å²) in [6, 6.07) is 12.4. The Morgan fingerprint density at radius 1 is 0.727 bits per heavy atom. The Bertz CT molecular complexity index is 550. The molecule has 0 N–H and O–H groups in total. The zero-order valence-corrected chi connectivity index (χ0v) is 14.4. The van der Waals surface area contributed by atoms with Gasteiger partial charge in [0.15, 0.2) is 0 Å². The lowest BCUT2D eigenvalue weighted by atomic mass is 9.44. The number of hydrogen-bond acceptors (Lipinski definition) is 0. The Hall–Kier alpha value is -1.29. The third kappa shape index (κ3) is 4.36. The summed E-state index contributed by atoms with van der Waals surface area (Å²) < 4.78 is 4.54. The van der Waals surface area contributed by atoms with Crippen molar-refractivity contribution in [3.63, 3.8) is 0 Å². The van der Waals surface area contributed by atoms with Crippen molar-refractivity contribution in [2.24, 2.45) is 0 Å². The number of pyridine rings is 2. The average Bonchev–Trinajstić information content (AvgIpc) is 2.58. The van der Waals surface area contributed by atoms with Crippen LogP contribution in [0.5, 0.6) is 0 Å². The second kappa shape index (κ2) is 9.68. The molecule has 0 saturated heterocycles. The van der Waals surface area contributed by atoms with Crippen molar-refractivity contribution < 1.29 is 21.4 Å². The van der Waals surface area contributed by atoms with Gasteiger partial charge in [-0.3, -0.25) is 0 Å². The fraction of sp³-hybridized carbons (Fsp3) is 0.125. The molecule has 1 aliphatic rings. The summed E-state index contributed by atoms with van der Waals surface area (Å²) >= 11 is 9.53. The van der Waals surface area contributed by atoms with Crippen LogP contribution in [0, 0.1) is 0 Å². The second-order valence-corrected chi connectivity index (χ2v) is 5.55. The van der Waals surface area contributed by atoms with Crippen molar-refractivity contribution >= 4 is 29.6 Å². The van der Waals surface area contributed by atoms with E-state index in [-0.39, 0.29) is 17.7 Å². The summed E-state index contributed by atoms with van der Waals surface area (Å²) in [6.45, 7) is 0. The maximum absolute atomic E-state index is 4.76. The summed E-state index contributed by atoms with van der Waals surface area (Å²) in [5.74, 6) is 4.61. The predicted molar refractivity (Wildman–Crippen MR) is 89.3 cm³/mol. The number of allylic oxidation sites excluding steroid dienone is 2. The van der Waals surface area contributed by atoms with E-state index in [4.69, 9.17) is 23.2 Å². The van der Waals surface area contributed by atoms with E-state index in [0.717, 1.165) is 6.42 Å². The van der Waals surface area contributed by atoms with E-state index < -0.39 is 6.42 Å². The van der Waals surface area contributed by atoms with Crippen molar-refractivity contribution in [1.82, 2.24) is 0 Å². The Labute approximate surface area is 148 Å². The molecule has 2 nitrogen and oxygen atoms in total. The molecular weight excluding hydrogens is 337 g/mol. The van der Waals surface area contributed by atoms with Gasteiger partial charge in [0.2, 0.25) is 0 Å². The molecule has 0 atom stereocenters. The zero-order valence-electron chi connectivity index (χ0n) is 12.1. The third-order valence-electron chi connectivity index (χ3n) is 3.54. The van der Waals surface area contributed by atoms with E-state index in [1.807, 2.05) is 12.1 Å². The number of aromatic nitrogens is 2. The van der Waals surface area contributed by atoms with E-state index >= 15 is 0 Å². The highest BCUT2D eigenvalue weighted by molar-refractivity contribution is 6.73. The molecule has 6 heteroatoms. The summed E-state index contributed by atoms with van der Waals surface area (Å²) in [6.07, 6.45) is 13.0. The summed E-state index contributed by atoms with van der Waals surface area (Å²) in [4.78, 5) is 0. The summed E-state index contributed by atoms with van der Waals surface area (Å²) in [5, 5.41) is 0.194. The Kier molecular flexibility index (Phi) is 8.25. The van der Waals surface area contributed by atoms with Gasteiger partial charge in [-0.2, -0.15) is 0 Å². The van der Waals surface area contributed by atoms with Gasteiger partial charge in [0.25, 0.3) is 0 Å². The number of alkyl halides is 2. The lowest BCUT2D eigenvalue weighted by Gasteiger charge is -2.23. The normalized spacial score (nSPS) is 14.5. The van der Waals surface area contributed by atoms with Crippen molar-refractivity contribution in [3.05, 3.63) is 85.3 Å². The van der Waals surface area contributed by atoms with Crippen LogP contribution < -0.4 is 21.4 Å². The molecule has 2 aromatic rings. The minimum absolute atomic E-state index is 0. The van der Waals surface area contributed by atoms with Gasteiger partial charge in [0.05, 0.1) is 5.34 Å². The van der Waals surface area contributed by atoms with Crippen LogP contribution >= 0.6 is 23.2 Å². The van der Waals surface area contributed by atoms with Crippen LogP contribution in [-0.4, -0.2) is 11.8 Å². The van der Waals surface area contributed by atoms with E-state index in [2.05, 4.69) is 82.1 Å². The standard InChI is InChI=1S/C15H16BN2.CH2Cl2.ClH/c1-4-10-16(11-5-1,17-12-6-2-7-13-17)18-14-8-3-9-15-18;2-1-3;/h2-15H,1H2;1H2;1H/q+1;;/p-1. The van der Waals surface area contributed by atoms with Gasteiger partial charge in [-0.1, -0.05) is 24.1 Å². The fourth-order valence-corrected chi connectivity index (χ4v) is 2.63. The van der Waals surface area contributed by atoms with Gasteiger partial charge >= 0.3 is 6.42 Å². The van der Waals surface area contributed by atoms with Crippen LogP contribution in [0.1, 0.15) is 6.42 Å². The molecule has 3 rings (SSSR count). The first-order chi connectivity index (χ1) is 10.3. The highest BCUT2D eigenvalue weighted by atomic mass is 35.5. The van der Waals surface area contributed by atoms with Crippen LogP contribution in [0.4, 0.5) is 0 Å². The molecule has 0 aliphatic carbocycles. The monoisotopic (exact) mass is 354 g/mol. The van der Waals surface area contributed by atoms with E-state index in [9.17, 15) is 0 Å². The maximum atomic E-state index is 4.76. The minimum atomic E-state index is -1.03. The first-order valence-corrected chi connectivity index (χ1v) is 7.97. The molecule has 1 aliphatic heterocycles. The van der Waals surface area contributed by atoms with Crippen molar-refractivity contribution in [2.45, 2.75) is 6.42 Å². The van der Waals surface area contributed by atoms with E-state index in [0.29, 0.717) is 0 Å². The molecular formula is C16H18BCl3N2. The summed E-state index contributed by atoms with van der Waals surface area (Å²) in [5.41, 5.74) is 0. The van der Waals surface area contributed by atoms with Gasteiger partial charge < -0.3 is 21.4 Å². The van der Waals surface area contributed by atoms with Gasteiger partial charge in [-0.15, -0.1) is 35.4 Å². The Balaban J connectivity index is 0.000000562. The second-order valence-electron chi connectivity index (χ2n) is 4.74. The molecule has 0 fully saturated rings. The molecule has 0 unspecified atom stereocenters. The number of halogens is 3. The molecule has 22 heavy (non-hydrogen) atoms. The highest BCUT2D eigenvalue weighted by Crippen LogP contribution is 2.07. The van der Waals surface area contributed by atoms with Crippen molar-refractivity contribution in [3.8, 4) is 0 Å². The van der Waals surface area contributed by atoms with Crippen LogP contribution in [0.3, 0.4) is 0 Å². The van der Waals surface area contributed by atoms with Crippen LogP contribution in [-0.2, 0) is 0 Å². The van der Waals surface area contributed by atoms with E-state index in [1.54, 1.807) is 0 Å². The molecule has 0 bridgehead atoms. The molecule has 0 aromatic carbocycles. The lowest BCUT2D eigenvalue weighted by Crippen LogP contribution is -3.00. The molecule has 0 spiro atoms. The minimum Gasteiger partial charge on any atom is -1.00 e. The van der Waals surface area contributed by atoms with Crippen LogP contribution in [0.2, 0.25) is 0 Å². The lowest BCUT2D eigenvalue weighted by molar-refractivity contribution is -0.682. The van der Waals surface area contributed by atoms with E-state index in [1.165, 1.54) is 0 Å². The topological polar surface area (TPSA) is 7.76 Å². The third-order valence-corrected chi connectivity index (χ3v) is 3.54. The Morgan fingerprint density at radius 2 is 1.09 bits per heavy atom. The first kappa shape index (κ1) is 18.8. The molecule has 0 amide bonds. The SMILES string of the molecule is C1=C[B-]([n+]2ccccc2)([n+]2ccccc2)C=CC1.ClCCl.[Cl-]. The molecule has 3 heterocycles. The number of hydrogen-bond donors (Lipinski definition) is 0. The number of nitrogens with zero attached hydrogens (tertiary/aromatic N) is 2. The molecule has 0 radical (unpaired) electrons. The van der Waals surface area contributed by atoms with Gasteiger partial charge in [-0.25, -0.2) is 0 Å². The van der Waals surface area contributed by atoms with Gasteiger partial charge in [-0.05, 0) is 30.7 Å². The molecule has 2 aromatic heterocycles. The molecule has 116 valence electrons. The first-order valence-electron chi connectivity index (χ1n) is 6.90.